The Labute approximate surface area is 121 Å². The molecule has 0 aliphatic carbocycles. The molecular weight excluding hydrogens is 278 g/mol. The average Bonchev–Trinajstić information content (AvgIpc) is 3.05. The summed E-state index contributed by atoms with van der Waals surface area (Å²) in [6, 6.07) is 3.22. The van der Waals surface area contributed by atoms with Gasteiger partial charge in [0.2, 0.25) is 0 Å². The fourth-order valence-electron chi connectivity index (χ4n) is 2.55. The Morgan fingerprint density at radius 1 is 1.57 bits per heavy atom. The zero-order valence-electron chi connectivity index (χ0n) is 11.9. The molecule has 0 N–H and O–H groups in total. The molecule has 0 saturated carbocycles. The zero-order chi connectivity index (χ0) is 15.5. The molecule has 7 heteroatoms. The van der Waals surface area contributed by atoms with Gasteiger partial charge in [0.05, 0.1) is 17.8 Å². The first kappa shape index (κ1) is 15.1. The molecule has 0 aromatic carbocycles. The maximum absolute atomic E-state index is 12.0. The molecule has 2 atom stereocenters. The van der Waals surface area contributed by atoms with Crippen molar-refractivity contribution in [2.45, 2.75) is 38.2 Å². The summed E-state index contributed by atoms with van der Waals surface area (Å²) in [4.78, 5) is 28.9. The van der Waals surface area contributed by atoms with E-state index in [9.17, 15) is 14.8 Å². The van der Waals surface area contributed by atoms with Crippen molar-refractivity contribution in [1.82, 2.24) is 0 Å². The van der Waals surface area contributed by atoms with Crippen LogP contribution in [0, 0.1) is 5.21 Å². The predicted molar refractivity (Wildman–Crippen MR) is 71.5 cm³/mol. The average molecular weight is 295 g/mol. The van der Waals surface area contributed by atoms with E-state index >= 15 is 0 Å². The molecule has 0 unspecified atom stereocenters. The highest BCUT2D eigenvalue weighted by atomic mass is 16.9. The minimum Gasteiger partial charge on any atom is -0.468 e. The summed E-state index contributed by atoms with van der Waals surface area (Å²) >= 11 is 0. The summed E-state index contributed by atoms with van der Waals surface area (Å²) in [7, 11) is 0. The van der Waals surface area contributed by atoms with Gasteiger partial charge in [0.25, 0.3) is 0 Å². The Bertz CT molecular complexity index is 550. The summed E-state index contributed by atoms with van der Waals surface area (Å²) in [5, 5.41) is 12.0. The minimum atomic E-state index is -1.45. The fourth-order valence-corrected chi connectivity index (χ4v) is 2.55. The van der Waals surface area contributed by atoms with Crippen molar-refractivity contribution < 1.29 is 28.5 Å². The van der Waals surface area contributed by atoms with Crippen molar-refractivity contribution in [2.24, 2.45) is 0 Å². The minimum absolute atomic E-state index is 0.0786. The largest absolute Gasteiger partial charge is 0.468 e. The molecule has 0 amide bonds. The van der Waals surface area contributed by atoms with Gasteiger partial charge in [-0.05, 0) is 25.5 Å². The number of hydrogen-bond acceptors (Lipinski definition) is 6. The van der Waals surface area contributed by atoms with E-state index in [0.29, 0.717) is 18.5 Å². The summed E-state index contributed by atoms with van der Waals surface area (Å²) < 4.78 is 10.2. The van der Waals surface area contributed by atoms with Gasteiger partial charge in [-0.25, -0.2) is 4.79 Å². The van der Waals surface area contributed by atoms with Crippen LogP contribution in [-0.2, 0) is 19.2 Å². The van der Waals surface area contributed by atoms with Gasteiger partial charge in [0.15, 0.2) is 5.60 Å². The Balaban J connectivity index is 2.50. The second kappa shape index (κ2) is 5.99. The van der Waals surface area contributed by atoms with Crippen molar-refractivity contribution in [3.05, 3.63) is 29.4 Å². The standard InChI is InChI=1S/C14H17NO6/c1-3-7-14(9-16)11(10-6-5-8-20-10)12(15(18)21-14)13(17)19-4-2/h5-6,8-9,11H,3-4,7H2,1-2H3/t11-,14-/m0/s1. The van der Waals surface area contributed by atoms with Gasteiger partial charge in [0, 0.05) is 0 Å². The van der Waals surface area contributed by atoms with E-state index in [1.807, 2.05) is 6.92 Å². The molecule has 0 radical (unpaired) electrons. The summed E-state index contributed by atoms with van der Waals surface area (Å²) in [6.45, 7) is 3.60. The van der Waals surface area contributed by atoms with E-state index in [2.05, 4.69) is 0 Å². The monoisotopic (exact) mass is 295 g/mol. The van der Waals surface area contributed by atoms with Crippen LogP contribution < -0.4 is 0 Å². The SMILES string of the molecule is CCC[C@@]1(C=O)O[N+]([O-])=C(C(=O)OCC)[C@@H]1c1ccco1. The van der Waals surface area contributed by atoms with Crippen LogP contribution in [0.2, 0.25) is 0 Å². The van der Waals surface area contributed by atoms with E-state index in [1.54, 1.807) is 19.1 Å². The van der Waals surface area contributed by atoms with Gasteiger partial charge in [0.1, 0.15) is 18.0 Å². The first-order chi connectivity index (χ1) is 10.1. The Morgan fingerprint density at radius 2 is 2.33 bits per heavy atom. The Morgan fingerprint density at radius 3 is 2.86 bits per heavy atom. The van der Waals surface area contributed by atoms with Crippen LogP contribution in [0.25, 0.3) is 0 Å². The lowest BCUT2D eigenvalue weighted by atomic mass is 9.80. The molecule has 7 nitrogen and oxygen atoms in total. The summed E-state index contributed by atoms with van der Waals surface area (Å²) in [5.74, 6) is -1.41. The third-order valence-corrected chi connectivity index (χ3v) is 3.36. The highest BCUT2D eigenvalue weighted by Crippen LogP contribution is 2.40. The number of hydrogen-bond donors (Lipinski definition) is 0. The lowest BCUT2D eigenvalue weighted by Crippen LogP contribution is -2.41. The molecule has 1 aliphatic heterocycles. The van der Waals surface area contributed by atoms with E-state index in [1.165, 1.54) is 6.26 Å². The zero-order valence-corrected chi connectivity index (χ0v) is 11.9. The normalized spacial score (nSPS) is 24.8. The van der Waals surface area contributed by atoms with Crippen LogP contribution in [0.5, 0.6) is 0 Å². The molecule has 21 heavy (non-hydrogen) atoms. The van der Waals surface area contributed by atoms with Gasteiger partial charge in [-0.15, -0.1) is 0 Å². The van der Waals surface area contributed by atoms with Gasteiger partial charge in [-0.1, -0.05) is 13.3 Å². The number of aldehydes is 1. The van der Waals surface area contributed by atoms with Gasteiger partial charge < -0.3 is 18.8 Å². The summed E-state index contributed by atoms with van der Waals surface area (Å²) in [6.07, 6.45) is 2.84. The molecule has 2 heterocycles. The maximum atomic E-state index is 12.0. The van der Waals surface area contributed by atoms with E-state index < -0.39 is 17.5 Å². The molecule has 1 aromatic heterocycles. The van der Waals surface area contributed by atoms with E-state index in [4.69, 9.17) is 14.0 Å². The number of carbonyl (C=O) groups excluding carboxylic acids is 2. The third kappa shape index (κ3) is 2.51. The number of carbonyl (C=O) groups is 2. The highest BCUT2D eigenvalue weighted by Gasteiger charge is 2.57. The second-order valence-electron chi connectivity index (χ2n) is 4.73. The van der Waals surface area contributed by atoms with Gasteiger partial charge in [-0.3, -0.25) is 5.21 Å². The lowest BCUT2D eigenvalue weighted by molar-refractivity contribution is -0.747. The van der Waals surface area contributed by atoms with E-state index in [-0.39, 0.29) is 23.6 Å². The smallest absolute Gasteiger partial charge is 0.406 e. The molecule has 1 aromatic rings. The Hall–Kier alpha value is -2.31. The second-order valence-corrected chi connectivity index (χ2v) is 4.73. The third-order valence-electron chi connectivity index (χ3n) is 3.36. The quantitative estimate of drug-likeness (QED) is 0.449. The summed E-state index contributed by atoms with van der Waals surface area (Å²) in [5.41, 5.74) is -1.72. The van der Waals surface area contributed by atoms with Crippen LogP contribution in [0.1, 0.15) is 38.4 Å². The van der Waals surface area contributed by atoms with Crippen LogP contribution in [0.3, 0.4) is 0 Å². The molecule has 114 valence electrons. The highest BCUT2D eigenvalue weighted by molar-refractivity contribution is 6.37. The van der Waals surface area contributed by atoms with E-state index in [0.717, 1.165) is 0 Å². The lowest BCUT2D eigenvalue weighted by Gasteiger charge is -2.27. The number of furan rings is 1. The van der Waals surface area contributed by atoms with Crippen molar-refractivity contribution >= 4 is 18.0 Å². The maximum Gasteiger partial charge on any atom is 0.406 e. The van der Waals surface area contributed by atoms with Crippen LogP contribution in [0.15, 0.2) is 22.8 Å². The molecular formula is C14H17NO6. The van der Waals surface area contributed by atoms with Crippen molar-refractivity contribution in [3.8, 4) is 0 Å². The fraction of sp³-hybridized carbons (Fsp3) is 0.500. The van der Waals surface area contributed by atoms with Crippen LogP contribution in [-0.4, -0.2) is 35.1 Å². The molecule has 0 bridgehead atoms. The topological polar surface area (TPSA) is 91.8 Å². The van der Waals surface area contributed by atoms with Crippen molar-refractivity contribution in [3.63, 3.8) is 0 Å². The molecule has 0 spiro atoms. The van der Waals surface area contributed by atoms with Gasteiger partial charge >= 0.3 is 11.7 Å². The molecule has 1 aliphatic rings. The Kier molecular flexibility index (Phi) is 4.30. The number of esters is 1. The van der Waals surface area contributed by atoms with Crippen molar-refractivity contribution in [1.29, 1.82) is 0 Å². The first-order valence-corrected chi connectivity index (χ1v) is 6.79. The molecule has 2 rings (SSSR count). The predicted octanol–water partition coefficient (Wildman–Crippen LogP) is 1.56. The van der Waals surface area contributed by atoms with Crippen LogP contribution >= 0.6 is 0 Å². The van der Waals surface area contributed by atoms with Crippen LogP contribution in [0.4, 0.5) is 0 Å². The molecule has 0 saturated heterocycles. The van der Waals surface area contributed by atoms with Crippen molar-refractivity contribution in [2.75, 3.05) is 6.61 Å². The first-order valence-electron chi connectivity index (χ1n) is 6.79. The van der Waals surface area contributed by atoms with Gasteiger partial charge in [-0.2, -0.15) is 0 Å². The number of nitrogens with zero attached hydrogens (tertiary/aromatic N) is 1. The number of rotatable bonds is 6. The molecule has 0 fully saturated rings. The number of ether oxygens (including phenoxy) is 1.